The van der Waals surface area contributed by atoms with Gasteiger partial charge in [-0.2, -0.15) is 5.26 Å². The highest BCUT2D eigenvalue weighted by Gasteiger charge is 2.35. The lowest BCUT2D eigenvalue weighted by atomic mass is 9.87. The Labute approximate surface area is 275 Å². The molecule has 0 radical (unpaired) electrons. The van der Waals surface area contributed by atoms with Gasteiger partial charge in [0.25, 0.3) is 0 Å². The zero-order chi connectivity index (χ0) is 32.6. The second kappa shape index (κ2) is 12.8. The van der Waals surface area contributed by atoms with Gasteiger partial charge in [-0.05, 0) is 81.3 Å². The average Bonchev–Trinajstić information content (AvgIpc) is 3.52. The molecule has 1 aliphatic rings. The van der Waals surface area contributed by atoms with Crippen molar-refractivity contribution in [2.24, 2.45) is 0 Å². The van der Waals surface area contributed by atoms with E-state index in [1.54, 1.807) is 24.3 Å². The Kier molecular flexibility index (Phi) is 8.84. The zero-order valence-corrected chi connectivity index (χ0v) is 27.0. The normalized spacial score (nSPS) is 17.0. The van der Waals surface area contributed by atoms with E-state index in [2.05, 4.69) is 57.7 Å². The molecule has 12 heteroatoms. The molecule has 2 atom stereocenters. The molecule has 2 N–H and O–H groups in total. The lowest BCUT2D eigenvalue weighted by Crippen LogP contribution is -2.50. The highest BCUT2D eigenvalue weighted by atomic mass is 35.5. The molecular formula is C34H32Cl2F2N8. The van der Waals surface area contributed by atoms with E-state index < -0.39 is 11.9 Å². The number of pyridine rings is 1. The maximum atomic E-state index is 14.0. The Morgan fingerprint density at radius 3 is 2.59 bits per heavy atom. The number of piperidine rings is 1. The number of hydrogen-bond acceptors (Lipinski definition) is 7. The summed E-state index contributed by atoms with van der Waals surface area (Å²) >= 11 is 12.7. The Morgan fingerprint density at radius 2 is 1.89 bits per heavy atom. The van der Waals surface area contributed by atoms with Crippen LogP contribution in [0.15, 0.2) is 67.0 Å². The van der Waals surface area contributed by atoms with E-state index in [1.165, 1.54) is 36.5 Å². The molecule has 3 heterocycles. The van der Waals surface area contributed by atoms with Gasteiger partial charge in [0, 0.05) is 34.4 Å². The van der Waals surface area contributed by atoms with Crippen LogP contribution in [0.5, 0.6) is 0 Å². The van der Waals surface area contributed by atoms with Crippen LogP contribution in [0.2, 0.25) is 10.0 Å². The summed E-state index contributed by atoms with van der Waals surface area (Å²) in [5, 5.41) is 26.7. The fraction of sp³-hybridized carbons (Fsp3) is 0.294. The van der Waals surface area contributed by atoms with E-state index in [9.17, 15) is 14.0 Å². The minimum atomic E-state index is -0.555. The highest BCUT2D eigenvalue weighted by Crippen LogP contribution is 2.39. The minimum absolute atomic E-state index is 0.0248. The molecule has 0 aliphatic carbocycles. The molecule has 5 aromatic rings. The lowest BCUT2D eigenvalue weighted by molar-refractivity contribution is 0.0513. The third kappa shape index (κ3) is 6.36. The SMILES string of the molecule is CCN1CCC(n2cc(C(Nc3cc(Cl)cc4c(Nc5ccc(F)c(Cl)c5)c(C#N)cnc34)c3ccc(F)cc3)nn2)CC1(C)C. The molecule has 236 valence electrons. The molecule has 1 fully saturated rings. The molecule has 46 heavy (non-hydrogen) atoms. The van der Waals surface area contributed by atoms with Crippen LogP contribution in [-0.4, -0.2) is 43.5 Å². The van der Waals surface area contributed by atoms with E-state index >= 15 is 0 Å². The molecule has 2 unspecified atom stereocenters. The van der Waals surface area contributed by atoms with Gasteiger partial charge in [0.15, 0.2) is 0 Å². The van der Waals surface area contributed by atoms with Crippen molar-refractivity contribution in [3.05, 3.63) is 105 Å². The van der Waals surface area contributed by atoms with E-state index in [1.807, 2.05) is 10.9 Å². The van der Waals surface area contributed by atoms with Gasteiger partial charge in [-0.25, -0.2) is 13.5 Å². The number of nitrogens with one attached hydrogen (secondary N) is 2. The number of benzene rings is 3. The topological polar surface area (TPSA) is 94.7 Å². The maximum absolute atomic E-state index is 14.0. The van der Waals surface area contributed by atoms with Crippen molar-refractivity contribution < 1.29 is 8.78 Å². The number of likely N-dealkylation sites (tertiary alicyclic amines) is 1. The van der Waals surface area contributed by atoms with Gasteiger partial charge in [-0.3, -0.25) is 9.88 Å². The number of aromatic nitrogens is 4. The molecule has 8 nitrogen and oxygen atoms in total. The van der Waals surface area contributed by atoms with Crippen LogP contribution >= 0.6 is 23.2 Å². The molecule has 3 aromatic carbocycles. The summed E-state index contributed by atoms with van der Waals surface area (Å²) in [7, 11) is 0. The second-order valence-electron chi connectivity index (χ2n) is 12.1. The first-order valence-electron chi connectivity index (χ1n) is 15.0. The van der Waals surface area contributed by atoms with Gasteiger partial charge in [-0.15, -0.1) is 5.10 Å². The molecular weight excluding hydrogens is 629 g/mol. The lowest BCUT2D eigenvalue weighted by Gasteiger charge is -2.45. The Bertz CT molecular complexity index is 1940. The number of hydrogen-bond donors (Lipinski definition) is 2. The fourth-order valence-electron chi connectivity index (χ4n) is 6.28. The summed E-state index contributed by atoms with van der Waals surface area (Å²) < 4.78 is 29.8. The van der Waals surface area contributed by atoms with Gasteiger partial charge >= 0.3 is 0 Å². The quantitative estimate of drug-likeness (QED) is 0.172. The maximum Gasteiger partial charge on any atom is 0.141 e. The Hall–Kier alpha value is -4.30. The Morgan fingerprint density at radius 1 is 1.11 bits per heavy atom. The van der Waals surface area contributed by atoms with Crippen molar-refractivity contribution in [1.29, 1.82) is 5.26 Å². The van der Waals surface area contributed by atoms with Crippen LogP contribution in [0.25, 0.3) is 10.9 Å². The first kappa shape index (κ1) is 31.7. The molecule has 0 bridgehead atoms. The summed E-state index contributed by atoms with van der Waals surface area (Å²) in [6, 6.07) is 15.7. The summed E-state index contributed by atoms with van der Waals surface area (Å²) in [6.07, 6.45) is 5.29. The number of rotatable bonds is 8. The van der Waals surface area contributed by atoms with Crippen LogP contribution in [0.4, 0.5) is 25.8 Å². The van der Waals surface area contributed by atoms with Gasteiger partial charge in [-0.1, -0.05) is 47.5 Å². The summed E-state index contributed by atoms with van der Waals surface area (Å²) in [4.78, 5) is 7.09. The van der Waals surface area contributed by atoms with Crippen molar-refractivity contribution in [1.82, 2.24) is 24.9 Å². The molecule has 0 saturated carbocycles. The number of anilines is 3. The van der Waals surface area contributed by atoms with Crippen LogP contribution in [0, 0.1) is 23.0 Å². The molecule has 6 rings (SSSR count). The fourth-order valence-corrected chi connectivity index (χ4v) is 6.68. The second-order valence-corrected chi connectivity index (χ2v) is 12.9. The summed E-state index contributed by atoms with van der Waals surface area (Å²) in [6.45, 7) is 8.65. The molecule has 0 amide bonds. The van der Waals surface area contributed by atoms with E-state index in [0.29, 0.717) is 38.7 Å². The first-order chi connectivity index (χ1) is 22.1. The zero-order valence-electron chi connectivity index (χ0n) is 25.5. The third-order valence-electron chi connectivity index (χ3n) is 8.65. The largest absolute Gasteiger partial charge is 0.371 e. The summed E-state index contributed by atoms with van der Waals surface area (Å²) in [5.74, 6) is -0.910. The van der Waals surface area contributed by atoms with Gasteiger partial charge in [0.05, 0.1) is 45.8 Å². The number of nitriles is 1. The molecule has 1 aliphatic heterocycles. The van der Waals surface area contributed by atoms with Gasteiger partial charge < -0.3 is 10.6 Å². The van der Waals surface area contributed by atoms with Crippen molar-refractivity contribution in [2.75, 3.05) is 23.7 Å². The van der Waals surface area contributed by atoms with Crippen molar-refractivity contribution in [2.45, 2.75) is 51.2 Å². The monoisotopic (exact) mass is 660 g/mol. The third-order valence-corrected chi connectivity index (χ3v) is 9.16. The van der Waals surface area contributed by atoms with Gasteiger partial charge in [0.1, 0.15) is 23.4 Å². The highest BCUT2D eigenvalue weighted by molar-refractivity contribution is 6.32. The van der Waals surface area contributed by atoms with E-state index in [0.717, 1.165) is 31.5 Å². The number of halogens is 4. The molecule has 2 aromatic heterocycles. The number of nitrogens with zero attached hydrogens (tertiary/aromatic N) is 6. The predicted octanol–water partition coefficient (Wildman–Crippen LogP) is 8.66. The van der Waals surface area contributed by atoms with Gasteiger partial charge in [0.2, 0.25) is 0 Å². The standard InChI is InChI=1S/C34H32Cl2F2N8/c1-4-45-12-11-25(16-34(45,2)3)46-19-30(43-44-46)32(20-5-7-23(37)8-6-20)42-29-14-22(35)13-26-31(21(17-39)18-40-33(26)29)41-24-9-10-28(38)27(36)15-24/h5-10,13-15,18-19,25,32,42H,4,11-12,16H2,1-3H3,(H,40,41). The van der Waals surface area contributed by atoms with E-state index in [4.69, 9.17) is 23.2 Å². The van der Waals surface area contributed by atoms with E-state index in [-0.39, 0.29) is 28.0 Å². The average molecular weight is 662 g/mol. The van der Waals surface area contributed by atoms with Crippen LogP contribution in [0.3, 0.4) is 0 Å². The van der Waals surface area contributed by atoms with Crippen LogP contribution in [0.1, 0.15) is 62.5 Å². The molecule has 0 spiro atoms. The first-order valence-corrected chi connectivity index (χ1v) is 15.7. The smallest absolute Gasteiger partial charge is 0.141 e. The van der Waals surface area contributed by atoms with Crippen molar-refractivity contribution >= 4 is 51.2 Å². The number of fused-ring (bicyclic) bond motifs is 1. The van der Waals surface area contributed by atoms with Crippen LogP contribution < -0.4 is 10.6 Å². The minimum Gasteiger partial charge on any atom is -0.371 e. The molecule has 1 saturated heterocycles. The Balaban J connectivity index is 1.40. The predicted molar refractivity (Wildman–Crippen MR) is 178 cm³/mol. The van der Waals surface area contributed by atoms with Crippen LogP contribution in [-0.2, 0) is 0 Å². The summed E-state index contributed by atoms with van der Waals surface area (Å²) in [5.41, 5.74) is 3.69. The van der Waals surface area contributed by atoms with Crippen molar-refractivity contribution in [3.8, 4) is 6.07 Å². The van der Waals surface area contributed by atoms with Crippen molar-refractivity contribution in [3.63, 3.8) is 0 Å².